The van der Waals surface area contributed by atoms with E-state index in [4.69, 9.17) is 16.0 Å². The first-order chi connectivity index (χ1) is 8.63. The predicted molar refractivity (Wildman–Crippen MR) is 68.1 cm³/mol. The summed E-state index contributed by atoms with van der Waals surface area (Å²) in [6.07, 6.45) is -0.592. The average molecular weight is 268 g/mol. The lowest BCUT2D eigenvalue weighted by molar-refractivity contribution is 0.187. The van der Waals surface area contributed by atoms with E-state index in [1.807, 2.05) is 0 Å². The summed E-state index contributed by atoms with van der Waals surface area (Å²) in [4.78, 5) is 22.4. The normalized spacial score (nSPS) is 10.3. The zero-order valence-corrected chi connectivity index (χ0v) is 10.3. The Morgan fingerprint density at radius 1 is 1.44 bits per heavy atom. The van der Waals surface area contributed by atoms with Gasteiger partial charge in [0.15, 0.2) is 0 Å². The summed E-state index contributed by atoms with van der Waals surface area (Å²) in [6.45, 7) is 0. The van der Waals surface area contributed by atoms with E-state index in [9.17, 15) is 9.59 Å². The Morgan fingerprint density at radius 2 is 2.22 bits per heavy atom. The molecular weight excluding hydrogens is 258 g/mol. The average Bonchev–Trinajstić information content (AvgIpc) is 2.37. The molecule has 1 aromatic heterocycles. The molecule has 1 heterocycles. The zero-order valence-electron chi connectivity index (χ0n) is 9.53. The minimum Gasteiger partial charge on any atom is -0.453 e. The Kier molecular flexibility index (Phi) is 3.53. The second-order valence-corrected chi connectivity index (χ2v) is 3.82. The smallest absolute Gasteiger partial charge is 0.411 e. The van der Waals surface area contributed by atoms with Crippen LogP contribution in [-0.2, 0) is 10.6 Å². The van der Waals surface area contributed by atoms with Gasteiger partial charge in [0.25, 0.3) is 0 Å². The summed E-state index contributed by atoms with van der Waals surface area (Å²) in [5.74, 6) is 0.214. The molecule has 1 amide bonds. The van der Waals surface area contributed by atoms with Gasteiger partial charge < -0.3 is 9.15 Å². The molecule has 0 aliphatic carbocycles. The van der Waals surface area contributed by atoms with Gasteiger partial charge in [0.1, 0.15) is 5.58 Å². The number of amides is 1. The zero-order chi connectivity index (χ0) is 13.1. The summed E-state index contributed by atoms with van der Waals surface area (Å²) >= 11 is 5.75. The van der Waals surface area contributed by atoms with Gasteiger partial charge in [-0.15, -0.1) is 11.6 Å². The van der Waals surface area contributed by atoms with Crippen molar-refractivity contribution in [1.82, 2.24) is 0 Å². The molecule has 0 fully saturated rings. The fourth-order valence-electron chi connectivity index (χ4n) is 1.59. The largest absolute Gasteiger partial charge is 0.453 e. The third kappa shape index (κ3) is 2.46. The van der Waals surface area contributed by atoms with Crippen molar-refractivity contribution in [2.45, 2.75) is 5.88 Å². The minimum atomic E-state index is -0.592. The van der Waals surface area contributed by atoms with Gasteiger partial charge in [-0.05, 0) is 17.7 Å². The number of hydrogen-bond donors (Lipinski definition) is 1. The minimum absolute atomic E-state index is 0.214. The van der Waals surface area contributed by atoms with E-state index in [0.717, 1.165) is 5.39 Å². The number of hydrogen-bond acceptors (Lipinski definition) is 4. The highest BCUT2D eigenvalue weighted by Crippen LogP contribution is 2.22. The number of nitrogens with one attached hydrogen (secondary N) is 1. The highest BCUT2D eigenvalue weighted by molar-refractivity contribution is 6.18. The van der Waals surface area contributed by atoms with Crippen LogP contribution < -0.4 is 10.9 Å². The fourth-order valence-corrected chi connectivity index (χ4v) is 1.81. The number of anilines is 1. The number of fused-ring (bicyclic) bond motifs is 1. The van der Waals surface area contributed by atoms with Crippen molar-refractivity contribution in [2.24, 2.45) is 0 Å². The number of benzene rings is 1. The van der Waals surface area contributed by atoms with Crippen molar-refractivity contribution in [1.29, 1.82) is 0 Å². The van der Waals surface area contributed by atoms with Gasteiger partial charge >= 0.3 is 11.7 Å². The molecular formula is C12H10ClNO4. The van der Waals surface area contributed by atoms with Gasteiger partial charge in [-0.2, -0.15) is 0 Å². The van der Waals surface area contributed by atoms with Crippen molar-refractivity contribution in [3.63, 3.8) is 0 Å². The summed E-state index contributed by atoms with van der Waals surface area (Å²) < 4.78 is 9.53. The van der Waals surface area contributed by atoms with Crippen molar-refractivity contribution in [2.75, 3.05) is 12.4 Å². The number of methoxy groups -OCH3 is 1. The molecule has 0 radical (unpaired) electrons. The van der Waals surface area contributed by atoms with Crippen LogP contribution in [0.4, 0.5) is 10.5 Å². The van der Waals surface area contributed by atoms with E-state index in [0.29, 0.717) is 16.8 Å². The molecule has 2 rings (SSSR count). The number of carbonyl (C=O) groups is 1. The van der Waals surface area contributed by atoms with Crippen LogP contribution >= 0.6 is 11.6 Å². The van der Waals surface area contributed by atoms with Crippen molar-refractivity contribution >= 4 is 34.4 Å². The molecule has 18 heavy (non-hydrogen) atoms. The number of ether oxygens (including phenoxy) is 1. The topological polar surface area (TPSA) is 68.5 Å². The summed E-state index contributed by atoms with van der Waals surface area (Å²) in [6, 6.07) is 6.29. The van der Waals surface area contributed by atoms with Crippen LogP contribution in [0.3, 0.4) is 0 Å². The van der Waals surface area contributed by atoms with Gasteiger partial charge in [0.2, 0.25) is 0 Å². The molecule has 0 aliphatic rings. The molecule has 0 atom stereocenters. The molecule has 2 aromatic rings. The number of carbonyl (C=O) groups excluding carboxylic acids is 1. The van der Waals surface area contributed by atoms with E-state index in [2.05, 4.69) is 10.1 Å². The molecule has 0 saturated heterocycles. The Balaban J connectivity index is 2.51. The molecule has 1 N–H and O–H groups in total. The van der Waals surface area contributed by atoms with E-state index < -0.39 is 11.7 Å². The number of alkyl halides is 1. The maximum Gasteiger partial charge on any atom is 0.411 e. The lowest BCUT2D eigenvalue weighted by Gasteiger charge is -2.06. The van der Waals surface area contributed by atoms with Crippen LogP contribution in [0.5, 0.6) is 0 Å². The van der Waals surface area contributed by atoms with Crippen LogP contribution in [0.15, 0.2) is 33.5 Å². The molecule has 1 aromatic carbocycles. The first kappa shape index (κ1) is 12.4. The number of rotatable bonds is 2. The molecule has 0 spiro atoms. The van der Waals surface area contributed by atoms with Crippen molar-refractivity contribution in [3.8, 4) is 0 Å². The first-order valence-electron chi connectivity index (χ1n) is 5.12. The van der Waals surface area contributed by atoms with Gasteiger partial charge in [0, 0.05) is 29.1 Å². The summed E-state index contributed by atoms with van der Waals surface area (Å²) in [5.41, 5.74) is 1.05. The Labute approximate surface area is 107 Å². The molecule has 0 saturated carbocycles. The first-order valence-corrected chi connectivity index (χ1v) is 5.65. The van der Waals surface area contributed by atoms with Crippen molar-refractivity contribution < 1.29 is 13.9 Å². The summed E-state index contributed by atoms with van der Waals surface area (Å²) in [7, 11) is 1.27. The van der Waals surface area contributed by atoms with Crippen LogP contribution in [0.1, 0.15) is 5.56 Å². The quantitative estimate of drug-likeness (QED) is 0.671. The molecule has 0 aliphatic heterocycles. The lowest BCUT2D eigenvalue weighted by atomic mass is 10.1. The third-order valence-corrected chi connectivity index (χ3v) is 2.69. The Morgan fingerprint density at radius 3 is 2.89 bits per heavy atom. The van der Waals surface area contributed by atoms with Crippen molar-refractivity contribution in [3.05, 3.63) is 40.2 Å². The lowest BCUT2D eigenvalue weighted by Crippen LogP contribution is -2.10. The Bertz CT molecular complexity index is 650. The fraction of sp³-hybridized carbons (Fsp3) is 0.167. The van der Waals surface area contributed by atoms with E-state index in [1.54, 1.807) is 18.2 Å². The third-order valence-electron chi connectivity index (χ3n) is 2.41. The predicted octanol–water partition coefficient (Wildman–Crippen LogP) is 2.71. The highest BCUT2D eigenvalue weighted by atomic mass is 35.5. The molecule has 5 nitrogen and oxygen atoms in total. The second kappa shape index (κ2) is 5.10. The van der Waals surface area contributed by atoms with Gasteiger partial charge in [-0.3, -0.25) is 5.32 Å². The molecule has 0 bridgehead atoms. The van der Waals surface area contributed by atoms with Crippen LogP contribution in [0.2, 0.25) is 0 Å². The maximum absolute atomic E-state index is 11.3. The van der Waals surface area contributed by atoms with E-state index in [-0.39, 0.29) is 5.88 Å². The molecule has 6 heteroatoms. The van der Waals surface area contributed by atoms with E-state index in [1.165, 1.54) is 13.2 Å². The van der Waals surface area contributed by atoms with E-state index >= 15 is 0 Å². The standard InChI is InChI=1S/C12H10ClNO4/c1-17-12(16)14-8-2-3-9-7(6-13)4-11(15)18-10(9)5-8/h2-5H,6H2,1H3,(H,14,16). The van der Waals surface area contributed by atoms with Crippen LogP contribution in [0, 0.1) is 0 Å². The number of halogens is 1. The Hall–Kier alpha value is -2.01. The monoisotopic (exact) mass is 267 g/mol. The van der Waals surface area contributed by atoms with Gasteiger partial charge in [-0.25, -0.2) is 9.59 Å². The second-order valence-electron chi connectivity index (χ2n) is 3.55. The highest BCUT2D eigenvalue weighted by Gasteiger charge is 2.07. The molecule has 94 valence electrons. The van der Waals surface area contributed by atoms with Gasteiger partial charge in [-0.1, -0.05) is 0 Å². The van der Waals surface area contributed by atoms with Gasteiger partial charge in [0.05, 0.1) is 7.11 Å². The summed E-state index contributed by atoms with van der Waals surface area (Å²) in [5, 5.41) is 3.22. The maximum atomic E-state index is 11.3. The van der Waals surface area contributed by atoms with Crippen LogP contribution in [-0.4, -0.2) is 13.2 Å². The SMILES string of the molecule is COC(=O)Nc1ccc2c(CCl)cc(=O)oc2c1. The van der Waals surface area contributed by atoms with Crippen LogP contribution in [0.25, 0.3) is 11.0 Å². The molecule has 0 unspecified atom stereocenters.